The lowest BCUT2D eigenvalue weighted by Crippen LogP contribution is -2.34. The van der Waals surface area contributed by atoms with Gasteiger partial charge < -0.3 is 11.1 Å². The molecule has 26 heavy (non-hydrogen) atoms. The number of nitrogen functional groups attached to an aromatic ring is 1. The van der Waals surface area contributed by atoms with Gasteiger partial charge in [-0.1, -0.05) is 0 Å². The smallest absolute Gasteiger partial charge is 0.217 e. The van der Waals surface area contributed by atoms with Crippen molar-refractivity contribution >= 4 is 33.5 Å². The van der Waals surface area contributed by atoms with Crippen LogP contribution in [0.4, 0.5) is 5.82 Å². The van der Waals surface area contributed by atoms with Gasteiger partial charge in [-0.15, -0.1) is 0 Å². The van der Waals surface area contributed by atoms with Crippen molar-refractivity contribution in [3.05, 3.63) is 42.9 Å². The van der Waals surface area contributed by atoms with E-state index < -0.39 is 0 Å². The SMILES string of the molecule is CC(=O)NC(C)Cn1cc2c(N)nc3cc(-n4cccn4)ccc3c2n1. The molecule has 0 bridgehead atoms. The molecule has 0 spiro atoms. The van der Waals surface area contributed by atoms with Crippen LogP contribution in [-0.4, -0.2) is 36.5 Å². The zero-order valence-electron chi connectivity index (χ0n) is 14.5. The highest BCUT2D eigenvalue weighted by molar-refractivity contribution is 6.07. The molecular weight excluding hydrogens is 330 g/mol. The molecule has 0 aliphatic carbocycles. The number of benzene rings is 1. The molecule has 4 aromatic rings. The third-order valence-electron chi connectivity index (χ3n) is 4.19. The van der Waals surface area contributed by atoms with Gasteiger partial charge in [-0.3, -0.25) is 9.48 Å². The summed E-state index contributed by atoms with van der Waals surface area (Å²) < 4.78 is 3.57. The number of anilines is 1. The maximum Gasteiger partial charge on any atom is 0.217 e. The molecule has 1 unspecified atom stereocenters. The Hall–Kier alpha value is -3.42. The van der Waals surface area contributed by atoms with Gasteiger partial charge in [0.1, 0.15) is 11.3 Å². The molecule has 0 radical (unpaired) electrons. The van der Waals surface area contributed by atoms with E-state index in [0.717, 1.165) is 27.5 Å². The van der Waals surface area contributed by atoms with E-state index in [9.17, 15) is 4.79 Å². The summed E-state index contributed by atoms with van der Waals surface area (Å²) in [5.74, 6) is 0.371. The molecule has 3 aromatic heterocycles. The summed E-state index contributed by atoms with van der Waals surface area (Å²) in [6, 6.07) is 7.74. The monoisotopic (exact) mass is 349 g/mol. The van der Waals surface area contributed by atoms with Crippen LogP contribution >= 0.6 is 0 Å². The highest BCUT2D eigenvalue weighted by Gasteiger charge is 2.13. The van der Waals surface area contributed by atoms with Gasteiger partial charge in [-0.2, -0.15) is 10.2 Å². The molecule has 1 amide bonds. The number of aromatic nitrogens is 5. The molecule has 0 saturated heterocycles. The van der Waals surface area contributed by atoms with Crippen LogP contribution in [0.2, 0.25) is 0 Å². The van der Waals surface area contributed by atoms with Crippen LogP contribution in [0.3, 0.4) is 0 Å². The average molecular weight is 349 g/mol. The number of hydrogen-bond donors (Lipinski definition) is 2. The largest absolute Gasteiger partial charge is 0.383 e. The normalized spacial score (nSPS) is 12.5. The standard InChI is InChI=1S/C18H19N7O/c1-11(21-12(2)26)9-24-10-15-17(23-24)14-5-4-13(25-7-3-6-20-25)8-16(14)22-18(15)19/h3-8,10-11H,9H2,1-2H3,(H2,19,22)(H,21,26). The van der Waals surface area contributed by atoms with Crippen molar-refractivity contribution in [1.29, 1.82) is 0 Å². The molecular formula is C18H19N7O. The summed E-state index contributed by atoms with van der Waals surface area (Å²) >= 11 is 0. The van der Waals surface area contributed by atoms with Gasteiger partial charge in [-0.05, 0) is 31.2 Å². The van der Waals surface area contributed by atoms with Crippen LogP contribution in [0.15, 0.2) is 42.9 Å². The molecule has 1 atom stereocenters. The van der Waals surface area contributed by atoms with Gasteiger partial charge in [-0.25, -0.2) is 9.67 Å². The molecule has 0 aliphatic rings. The second-order valence-corrected chi connectivity index (χ2v) is 6.36. The number of nitrogens with zero attached hydrogens (tertiary/aromatic N) is 5. The number of carbonyl (C=O) groups is 1. The number of carbonyl (C=O) groups excluding carboxylic acids is 1. The van der Waals surface area contributed by atoms with Crippen molar-refractivity contribution in [2.75, 3.05) is 5.73 Å². The minimum absolute atomic E-state index is 0.0336. The number of nitrogens with two attached hydrogens (primary N) is 1. The van der Waals surface area contributed by atoms with E-state index in [1.165, 1.54) is 6.92 Å². The van der Waals surface area contributed by atoms with E-state index >= 15 is 0 Å². The van der Waals surface area contributed by atoms with Gasteiger partial charge >= 0.3 is 0 Å². The van der Waals surface area contributed by atoms with Crippen molar-refractivity contribution in [2.45, 2.75) is 26.4 Å². The number of hydrogen-bond acceptors (Lipinski definition) is 5. The molecule has 3 N–H and O–H groups in total. The second kappa shape index (κ2) is 6.14. The van der Waals surface area contributed by atoms with E-state index in [0.29, 0.717) is 12.4 Å². The van der Waals surface area contributed by atoms with E-state index in [2.05, 4.69) is 20.5 Å². The molecule has 132 valence electrons. The fourth-order valence-corrected chi connectivity index (χ4v) is 3.14. The maximum atomic E-state index is 11.2. The Kier molecular flexibility index (Phi) is 3.80. The lowest BCUT2D eigenvalue weighted by Gasteiger charge is -2.11. The number of nitrogens with one attached hydrogen (secondary N) is 1. The maximum absolute atomic E-state index is 11.2. The van der Waals surface area contributed by atoms with Crippen molar-refractivity contribution in [3.8, 4) is 5.69 Å². The van der Waals surface area contributed by atoms with Crippen LogP contribution in [0.5, 0.6) is 0 Å². The average Bonchev–Trinajstić information content (AvgIpc) is 3.23. The summed E-state index contributed by atoms with van der Waals surface area (Å²) in [6.07, 6.45) is 5.48. The highest BCUT2D eigenvalue weighted by atomic mass is 16.1. The van der Waals surface area contributed by atoms with Crippen molar-refractivity contribution in [2.24, 2.45) is 0 Å². The molecule has 3 heterocycles. The number of amides is 1. The van der Waals surface area contributed by atoms with E-state index in [4.69, 9.17) is 5.73 Å². The predicted octanol–water partition coefficient (Wildman–Crippen LogP) is 1.88. The fourth-order valence-electron chi connectivity index (χ4n) is 3.14. The van der Waals surface area contributed by atoms with E-state index in [1.807, 2.05) is 43.6 Å². The predicted molar refractivity (Wildman–Crippen MR) is 99.8 cm³/mol. The molecule has 4 rings (SSSR count). The summed E-state index contributed by atoms with van der Waals surface area (Å²) in [7, 11) is 0. The van der Waals surface area contributed by atoms with Crippen molar-refractivity contribution in [1.82, 2.24) is 29.9 Å². The quantitative estimate of drug-likeness (QED) is 0.585. The molecule has 0 fully saturated rings. The van der Waals surface area contributed by atoms with E-state index in [-0.39, 0.29) is 11.9 Å². The molecule has 1 aromatic carbocycles. The second-order valence-electron chi connectivity index (χ2n) is 6.36. The summed E-state index contributed by atoms with van der Waals surface area (Å²) in [5.41, 5.74) is 8.64. The van der Waals surface area contributed by atoms with Crippen LogP contribution in [-0.2, 0) is 11.3 Å². The zero-order valence-corrected chi connectivity index (χ0v) is 14.5. The van der Waals surface area contributed by atoms with E-state index in [1.54, 1.807) is 15.6 Å². The first-order valence-corrected chi connectivity index (χ1v) is 8.35. The number of pyridine rings is 1. The minimum atomic E-state index is -0.0630. The zero-order chi connectivity index (χ0) is 18.3. The first-order chi connectivity index (χ1) is 12.5. The third kappa shape index (κ3) is 2.85. The van der Waals surface area contributed by atoms with Gasteiger partial charge in [0.2, 0.25) is 5.91 Å². The van der Waals surface area contributed by atoms with Crippen LogP contribution < -0.4 is 11.1 Å². The van der Waals surface area contributed by atoms with Crippen molar-refractivity contribution in [3.63, 3.8) is 0 Å². The minimum Gasteiger partial charge on any atom is -0.383 e. The molecule has 8 nitrogen and oxygen atoms in total. The summed E-state index contributed by atoms with van der Waals surface area (Å²) in [5, 5.41) is 13.5. The molecule has 0 saturated carbocycles. The third-order valence-corrected chi connectivity index (χ3v) is 4.19. The Bertz CT molecular complexity index is 1100. The van der Waals surface area contributed by atoms with Gasteiger partial charge in [0.05, 0.1) is 23.1 Å². The topological polar surface area (TPSA) is 104 Å². The Labute approximate surface area is 149 Å². The lowest BCUT2D eigenvalue weighted by atomic mass is 10.1. The molecule has 8 heteroatoms. The molecule has 0 aliphatic heterocycles. The van der Waals surface area contributed by atoms with Crippen LogP contribution in [0.25, 0.3) is 27.5 Å². The fraction of sp³-hybridized carbons (Fsp3) is 0.222. The van der Waals surface area contributed by atoms with Crippen molar-refractivity contribution < 1.29 is 4.79 Å². The highest BCUT2D eigenvalue weighted by Crippen LogP contribution is 2.28. The van der Waals surface area contributed by atoms with Gasteiger partial charge in [0.15, 0.2) is 0 Å². The van der Waals surface area contributed by atoms with Crippen LogP contribution in [0, 0.1) is 0 Å². The first-order valence-electron chi connectivity index (χ1n) is 8.35. The number of fused-ring (bicyclic) bond motifs is 3. The Balaban J connectivity index is 1.78. The Morgan fingerprint density at radius 2 is 2.19 bits per heavy atom. The lowest BCUT2D eigenvalue weighted by molar-refractivity contribution is -0.119. The van der Waals surface area contributed by atoms with Gasteiger partial charge in [0, 0.05) is 36.9 Å². The van der Waals surface area contributed by atoms with Gasteiger partial charge in [0.25, 0.3) is 0 Å². The first kappa shape index (κ1) is 16.1. The summed E-state index contributed by atoms with van der Waals surface area (Å²) in [6.45, 7) is 3.99. The van der Waals surface area contributed by atoms with Crippen LogP contribution in [0.1, 0.15) is 13.8 Å². The summed E-state index contributed by atoms with van der Waals surface area (Å²) in [4.78, 5) is 15.7. The Morgan fingerprint density at radius 1 is 1.35 bits per heavy atom. The number of rotatable bonds is 4. The Morgan fingerprint density at radius 3 is 2.92 bits per heavy atom.